The zero-order valence-electron chi connectivity index (χ0n) is 14.2. The van der Waals surface area contributed by atoms with Gasteiger partial charge in [-0.3, -0.25) is 0 Å². The van der Waals surface area contributed by atoms with Crippen LogP contribution in [0.2, 0.25) is 0 Å². The topological polar surface area (TPSA) is 18.5 Å². The van der Waals surface area contributed by atoms with Crippen molar-refractivity contribution in [1.82, 2.24) is 0 Å². The molecule has 0 aromatic heterocycles. The van der Waals surface area contributed by atoms with Crippen molar-refractivity contribution >= 4 is 0 Å². The van der Waals surface area contributed by atoms with Gasteiger partial charge in [0.15, 0.2) is 0 Å². The molecule has 156 valence electrons. The van der Waals surface area contributed by atoms with Gasteiger partial charge in [-0.15, -0.1) is 0 Å². The zero-order valence-corrected chi connectivity index (χ0v) is 14.2. The molecule has 0 saturated carbocycles. The molecule has 1 atom stereocenters. The zero-order chi connectivity index (χ0) is 21.1. The molecular formula is C16H17F9O2. The molecule has 0 aliphatic carbocycles. The van der Waals surface area contributed by atoms with E-state index < -0.39 is 36.5 Å². The number of halogens is 9. The first-order valence-corrected chi connectivity index (χ1v) is 7.67. The summed E-state index contributed by atoms with van der Waals surface area (Å²) < 4.78 is 127. The third-order valence-corrected chi connectivity index (χ3v) is 3.64. The van der Waals surface area contributed by atoms with Gasteiger partial charge in [0.25, 0.3) is 0 Å². The highest BCUT2D eigenvalue weighted by atomic mass is 19.4. The quantitative estimate of drug-likeness (QED) is 0.462. The first-order valence-electron chi connectivity index (χ1n) is 7.67. The molecule has 0 amide bonds. The summed E-state index contributed by atoms with van der Waals surface area (Å²) in [6.45, 7) is 2.04. The maximum atomic E-state index is 13.8. The van der Waals surface area contributed by atoms with Crippen LogP contribution in [0.1, 0.15) is 31.4 Å². The van der Waals surface area contributed by atoms with E-state index in [0.717, 1.165) is 13.2 Å². The van der Waals surface area contributed by atoms with Gasteiger partial charge in [0.1, 0.15) is 5.75 Å². The van der Waals surface area contributed by atoms with Gasteiger partial charge in [-0.25, -0.2) is 0 Å². The number of methoxy groups -OCH3 is 1. The van der Waals surface area contributed by atoms with Crippen molar-refractivity contribution in [3.05, 3.63) is 29.8 Å². The summed E-state index contributed by atoms with van der Waals surface area (Å²) >= 11 is 0. The second kappa shape index (κ2) is 8.15. The van der Waals surface area contributed by atoms with Crippen LogP contribution in [0.3, 0.4) is 0 Å². The Morgan fingerprint density at radius 2 is 1.52 bits per heavy atom. The summed E-state index contributed by atoms with van der Waals surface area (Å²) in [6, 6.07) is 5.06. The second-order valence-electron chi connectivity index (χ2n) is 5.70. The van der Waals surface area contributed by atoms with Crippen LogP contribution in [0.25, 0.3) is 0 Å². The number of hydrogen-bond acceptors (Lipinski definition) is 2. The molecule has 1 rings (SSSR count). The van der Waals surface area contributed by atoms with Crippen LogP contribution in [-0.2, 0) is 4.74 Å². The molecule has 0 spiro atoms. The van der Waals surface area contributed by atoms with Crippen molar-refractivity contribution in [1.29, 1.82) is 0 Å². The average molecular weight is 412 g/mol. The van der Waals surface area contributed by atoms with Gasteiger partial charge >= 0.3 is 23.9 Å². The normalized spacial score (nSPS) is 14.9. The van der Waals surface area contributed by atoms with Gasteiger partial charge in [-0.1, -0.05) is 19.1 Å². The smallest absolute Gasteiger partial charge is 0.460 e. The van der Waals surface area contributed by atoms with E-state index >= 15 is 0 Å². The van der Waals surface area contributed by atoms with Crippen LogP contribution in [0.4, 0.5) is 39.5 Å². The van der Waals surface area contributed by atoms with Gasteiger partial charge in [0.05, 0.1) is 12.7 Å². The maximum Gasteiger partial charge on any atom is 0.460 e. The lowest BCUT2D eigenvalue weighted by molar-refractivity contribution is -0.398. The predicted octanol–water partition coefficient (Wildman–Crippen LogP) is 6.02. The Balaban J connectivity index is 3.14. The van der Waals surface area contributed by atoms with Crippen molar-refractivity contribution in [2.75, 3.05) is 13.7 Å². The molecule has 0 heterocycles. The van der Waals surface area contributed by atoms with Gasteiger partial charge in [-0.05, 0) is 24.1 Å². The molecule has 1 aromatic carbocycles. The first-order chi connectivity index (χ1) is 12.2. The third kappa shape index (κ3) is 4.80. The van der Waals surface area contributed by atoms with Gasteiger partial charge < -0.3 is 9.47 Å². The van der Waals surface area contributed by atoms with Crippen molar-refractivity contribution in [2.24, 2.45) is 0 Å². The molecule has 0 fully saturated rings. The van der Waals surface area contributed by atoms with Crippen LogP contribution in [-0.4, -0.2) is 37.7 Å². The highest BCUT2D eigenvalue weighted by Crippen LogP contribution is 2.55. The fourth-order valence-electron chi connectivity index (χ4n) is 2.13. The lowest BCUT2D eigenvalue weighted by atomic mass is 9.95. The second-order valence-corrected chi connectivity index (χ2v) is 5.70. The Morgan fingerprint density at radius 1 is 0.926 bits per heavy atom. The highest BCUT2D eigenvalue weighted by molar-refractivity contribution is 5.30. The Morgan fingerprint density at radius 3 is 2.00 bits per heavy atom. The SMILES string of the molecule is CCCOc1cccc(C(CC(F)(F)C(F)(F)C(F)(F)C(F)(F)F)OC)c1. The molecule has 1 aromatic rings. The molecule has 11 heteroatoms. The predicted molar refractivity (Wildman–Crippen MR) is 77.5 cm³/mol. The maximum absolute atomic E-state index is 13.8. The molecule has 0 N–H and O–H groups in total. The lowest BCUT2D eigenvalue weighted by Gasteiger charge is -2.35. The minimum Gasteiger partial charge on any atom is -0.494 e. The van der Waals surface area contributed by atoms with Gasteiger partial charge in [-0.2, -0.15) is 39.5 Å². The molecule has 0 saturated heterocycles. The van der Waals surface area contributed by atoms with Gasteiger partial charge in [0, 0.05) is 13.5 Å². The van der Waals surface area contributed by atoms with E-state index in [1.54, 1.807) is 6.92 Å². The van der Waals surface area contributed by atoms with E-state index in [0.29, 0.717) is 6.42 Å². The molecule has 0 radical (unpaired) electrons. The number of benzene rings is 1. The summed E-state index contributed by atoms with van der Waals surface area (Å²) in [5, 5.41) is 0. The fraction of sp³-hybridized carbons (Fsp3) is 0.625. The molecule has 2 nitrogen and oxygen atoms in total. The fourth-order valence-corrected chi connectivity index (χ4v) is 2.13. The number of ether oxygens (including phenoxy) is 2. The lowest BCUT2D eigenvalue weighted by Crippen LogP contribution is -2.61. The summed E-state index contributed by atoms with van der Waals surface area (Å²) in [7, 11) is 0.834. The first kappa shape index (κ1) is 23.4. The standard InChI is InChI=1S/C16H17F9O2/c1-3-7-27-11-6-4-5-10(8-11)12(26-2)9-13(17,18)14(19,20)15(21,22)16(23,24)25/h4-6,8,12H,3,7,9H2,1-2H3. The van der Waals surface area contributed by atoms with Crippen LogP contribution >= 0.6 is 0 Å². The van der Waals surface area contributed by atoms with E-state index in [4.69, 9.17) is 4.74 Å². The Bertz CT molecular complexity index is 614. The minimum absolute atomic E-state index is 0.142. The van der Waals surface area contributed by atoms with E-state index in [2.05, 4.69) is 4.74 Å². The summed E-state index contributed by atoms with van der Waals surface area (Å²) in [6.07, 6.45) is -10.2. The number of rotatable bonds is 9. The number of hydrogen-bond donors (Lipinski definition) is 0. The van der Waals surface area contributed by atoms with Crippen molar-refractivity contribution in [3.8, 4) is 5.75 Å². The van der Waals surface area contributed by atoms with Crippen molar-refractivity contribution < 1.29 is 49.0 Å². The van der Waals surface area contributed by atoms with Crippen LogP contribution in [0.15, 0.2) is 24.3 Å². The monoisotopic (exact) mass is 412 g/mol. The minimum atomic E-state index is -6.92. The van der Waals surface area contributed by atoms with Crippen LogP contribution in [0.5, 0.6) is 5.75 Å². The Hall–Kier alpha value is -1.65. The third-order valence-electron chi connectivity index (χ3n) is 3.64. The summed E-state index contributed by atoms with van der Waals surface area (Å²) in [5.74, 6) is -19.1. The Labute approximate surface area is 149 Å². The molecular weight excluding hydrogens is 395 g/mol. The van der Waals surface area contributed by atoms with E-state index in [-0.39, 0.29) is 17.9 Å². The van der Waals surface area contributed by atoms with Crippen molar-refractivity contribution in [2.45, 2.75) is 49.8 Å². The van der Waals surface area contributed by atoms with Crippen LogP contribution in [0, 0.1) is 0 Å². The molecule has 0 aliphatic rings. The number of alkyl halides is 9. The van der Waals surface area contributed by atoms with Crippen LogP contribution < -0.4 is 4.74 Å². The summed E-state index contributed by atoms with van der Waals surface area (Å²) in [4.78, 5) is 0. The van der Waals surface area contributed by atoms with E-state index in [1.165, 1.54) is 18.2 Å². The molecule has 1 unspecified atom stereocenters. The average Bonchev–Trinajstić information content (AvgIpc) is 2.56. The summed E-state index contributed by atoms with van der Waals surface area (Å²) in [5.41, 5.74) is -0.142. The largest absolute Gasteiger partial charge is 0.494 e. The molecule has 27 heavy (non-hydrogen) atoms. The van der Waals surface area contributed by atoms with E-state index in [1.807, 2.05) is 0 Å². The van der Waals surface area contributed by atoms with E-state index in [9.17, 15) is 39.5 Å². The van der Waals surface area contributed by atoms with Crippen molar-refractivity contribution in [3.63, 3.8) is 0 Å². The Kier molecular flexibility index (Phi) is 7.06. The molecule has 0 bridgehead atoms. The van der Waals surface area contributed by atoms with Gasteiger partial charge in [0.2, 0.25) is 0 Å². The molecule has 0 aliphatic heterocycles. The highest BCUT2D eigenvalue weighted by Gasteiger charge is 2.81.